The molecule has 0 unspecified atom stereocenters. The van der Waals surface area contributed by atoms with Crippen LogP contribution in [0.2, 0.25) is 0 Å². The van der Waals surface area contributed by atoms with Crippen molar-refractivity contribution in [1.82, 2.24) is 9.13 Å². The van der Waals surface area contributed by atoms with Crippen LogP contribution in [0.15, 0.2) is 229 Å². The number of benzene rings is 8. The van der Waals surface area contributed by atoms with Crippen LogP contribution < -0.4 is 10.4 Å². The number of para-hydroxylation sites is 4. The van der Waals surface area contributed by atoms with E-state index in [-0.39, 0.29) is 0 Å². The van der Waals surface area contributed by atoms with Crippen LogP contribution in [0.1, 0.15) is 20.9 Å². The summed E-state index contributed by atoms with van der Waals surface area (Å²) in [5.41, 5.74) is 12.1. The third-order valence-corrected chi connectivity index (χ3v) is 13.9. The van der Waals surface area contributed by atoms with Crippen LogP contribution in [-0.4, -0.2) is 9.13 Å². The summed E-state index contributed by atoms with van der Waals surface area (Å²) in [7, 11) is 0. The summed E-state index contributed by atoms with van der Waals surface area (Å²) in [6, 6.07) is 79.9. The normalized spacial score (nSPS) is 11.5. The van der Waals surface area contributed by atoms with Crippen molar-refractivity contribution in [1.29, 1.82) is 0 Å². The maximum atomic E-state index is 2.39. The lowest BCUT2D eigenvalue weighted by atomic mass is 9.98. The first-order chi connectivity index (χ1) is 30.8. The van der Waals surface area contributed by atoms with Crippen molar-refractivity contribution in [2.45, 2.75) is 0 Å². The Labute approximate surface area is 366 Å². The van der Waals surface area contributed by atoms with E-state index >= 15 is 0 Å². The Hall–Kier alpha value is -7.50. The van der Waals surface area contributed by atoms with E-state index in [0.717, 1.165) is 0 Å². The average molecular weight is 827 g/mol. The van der Waals surface area contributed by atoms with Crippen molar-refractivity contribution >= 4 is 77.4 Å². The van der Waals surface area contributed by atoms with Gasteiger partial charge >= 0.3 is 0 Å². The highest BCUT2D eigenvalue weighted by Crippen LogP contribution is 2.37. The van der Waals surface area contributed by atoms with Gasteiger partial charge < -0.3 is 9.13 Å². The van der Waals surface area contributed by atoms with Crippen molar-refractivity contribution in [3.8, 4) is 11.4 Å². The second-order valence-corrected chi connectivity index (χ2v) is 17.6. The van der Waals surface area contributed by atoms with Crippen molar-refractivity contribution in [3.63, 3.8) is 0 Å². The fourth-order valence-electron chi connectivity index (χ4n) is 9.37. The minimum Gasteiger partial charge on any atom is -0.309 e. The van der Waals surface area contributed by atoms with Gasteiger partial charge in [0.05, 0.1) is 22.1 Å². The van der Waals surface area contributed by atoms with E-state index in [9.17, 15) is 0 Å². The van der Waals surface area contributed by atoms with Crippen molar-refractivity contribution in [2.24, 2.45) is 0 Å². The molecule has 0 saturated heterocycles. The quantitative estimate of drug-likeness (QED) is 0.158. The Balaban J connectivity index is 0.989. The Morgan fingerprint density at radius 2 is 0.694 bits per heavy atom. The predicted octanol–water partition coefficient (Wildman–Crippen LogP) is 13.8. The molecule has 4 heteroatoms. The second-order valence-electron chi connectivity index (χ2n) is 15.7. The van der Waals surface area contributed by atoms with E-state index < -0.39 is 0 Å². The molecule has 12 aromatic rings. The molecular weight excluding hydrogens is 789 g/mol. The second kappa shape index (κ2) is 15.2. The number of fused-ring (bicyclic) bond motifs is 6. The van der Waals surface area contributed by atoms with Gasteiger partial charge in [-0.05, 0) is 116 Å². The van der Waals surface area contributed by atoms with Crippen LogP contribution >= 0.6 is 22.7 Å². The molecule has 0 aliphatic carbocycles. The molecule has 0 atom stereocenters. The average Bonchev–Trinajstić information content (AvgIpc) is 4.17. The van der Waals surface area contributed by atoms with Crippen LogP contribution in [0, 0.1) is 10.4 Å². The molecule has 12 rings (SSSR count). The topological polar surface area (TPSA) is 9.86 Å². The minimum atomic E-state index is 1.17. The molecule has 292 valence electrons. The predicted molar refractivity (Wildman–Crippen MR) is 263 cm³/mol. The lowest BCUT2D eigenvalue weighted by Gasteiger charge is -2.10. The lowest BCUT2D eigenvalue weighted by molar-refractivity contribution is 1.18. The molecular formula is C58H38N2S2. The highest BCUT2D eigenvalue weighted by molar-refractivity contribution is 7.11. The molecule has 8 aromatic carbocycles. The van der Waals surface area contributed by atoms with Crippen LogP contribution in [0.4, 0.5) is 0 Å². The fourth-order valence-corrected chi connectivity index (χ4v) is 11.0. The zero-order valence-corrected chi connectivity index (χ0v) is 35.3. The molecule has 0 saturated carbocycles. The molecule has 0 aliphatic heterocycles. The molecule has 4 heterocycles. The van der Waals surface area contributed by atoms with E-state index in [2.05, 4.69) is 238 Å². The van der Waals surface area contributed by atoms with Gasteiger partial charge in [-0.25, -0.2) is 0 Å². The molecule has 2 nitrogen and oxygen atoms in total. The summed E-state index contributed by atoms with van der Waals surface area (Å²) in [6.07, 6.45) is 0. The third kappa shape index (κ3) is 6.15. The van der Waals surface area contributed by atoms with E-state index in [1.165, 1.54) is 108 Å². The van der Waals surface area contributed by atoms with Crippen molar-refractivity contribution in [2.75, 3.05) is 0 Å². The largest absolute Gasteiger partial charge is 0.309 e. The van der Waals surface area contributed by atoms with Gasteiger partial charge in [-0.15, -0.1) is 22.7 Å². The zero-order chi connectivity index (χ0) is 41.0. The first kappa shape index (κ1) is 36.4. The number of hydrogen-bond donors (Lipinski definition) is 0. The summed E-state index contributed by atoms with van der Waals surface area (Å²) in [4.78, 5) is 2.51. The Kier molecular flexibility index (Phi) is 8.91. The summed E-state index contributed by atoms with van der Waals surface area (Å²) >= 11 is 3.58. The Morgan fingerprint density at radius 1 is 0.306 bits per heavy atom. The van der Waals surface area contributed by atoms with Gasteiger partial charge in [0.2, 0.25) is 0 Å². The van der Waals surface area contributed by atoms with Gasteiger partial charge in [0.1, 0.15) is 0 Å². The van der Waals surface area contributed by atoms with Crippen molar-refractivity contribution in [3.05, 3.63) is 271 Å². The standard InChI is InChI=1S/C58H38N2S2/c1-3-13-45(14-4-1)59-51-19-9-7-17-47(51)49-37-43(31-33-53(49)59)57(55-21-11-35-61-55)41-27-23-39(24-28-41)40-25-29-42(30-26-40)58(56-22-12-36-62-56)44-32-34-54-50(38-44)48-18-8-10-20-52(48)60(54)46-15-5-2-6-16-46/h1-38H. The monoisotopic (exact) mass is 826 g/mol. The number of nitrogens with zero attached hydrogens (tertiary/aromatic N) is 2. The summed E-state index contributed by atoms with van der Waals surface area (Å²) in [5.74, 6) is 0. The fraction of sp³-hybridized carbons (Fsp3) is 0. The maximum absolute atomic E-state index is 2.39. The SMILES string of the molecule is c1ccc(-n2c3ccccc3c3cc(C(c4cccs4)=c4ccc(=c5ccc(=C(c6ccc7c(c6)c6ccccc6n7-c6ccccc6)c6cccs6)cc5)cc4)ccc32)cc1. The van der Waals surface area contributed by atoms with Gasteiger partial charge in [0.15, 0.2) is 0 Å². The van der Waals surface area contributed by atoms with Gasteiger partial charge in [-0.3, -0.25) is 0 Å². The zero-order valence-electron chi connectivity index (χ0n) is 33.7. The Bertz CT molecular complexity index is 3540. The van der Waals surface area contributed by atoms with Gasteiger partial charge in [-0.1, -0.05) is 146 Å². The molecule has 4 aromatic heterocycles. The molecule has 0 radical (unpaired) electrons. The van der Waals surface area contributed by atoms with E-state index in [4.69, 9.17) is 0 Å². The van der Waals surface area contributed by atoms with E-state index in [0.29, 0.717) is 0 Å². The highest BCUT2D eigenvalue weighted by Gasteiger charge is 2.17. The molecule has 0 aliphatic rings. The van der Waals surface area contributed by atoms with Crippen LogP contribution in [0.25, 0.3) is 66.1 Å². The third-order valence-electron chi connectivity index (χ3n) is 12.2. The number of rotatable bonds is 6. The summed E-state index contributed by atoms with van der Waals surface area (Å²) in [6.45, 7) is 0. The molecule has 0 spiro atoms. The molecule has 0 fully saturated rings. The highest BCUT2D eigenvalue weighted by atomic mass is 32.1. The van der Waals surface area contributed by atoms with Gasteiger partial charge in [0.25, 0.3) is 0 Å². The first-order valence-corrected chi connectivity index (χ1v) is 22.7. The Morgan fingerprint density at radius 3 is 1.10 bits per heavy atom. The molecule has 0 amide bonds. The van der Waals surface area contributed by atoms with Crippen LogP contribution in [0.5, 0.6) is 0 Å². The van der Waals surface area contributed by atoms with Gasteiger partial charge in [-0.2, -0.15) is 0 Å². The lowest BCUT2D eigenvalue weighted by Crippen LogP contribution is -2.07. The molecule has 0 N–H and O–H groups in total. The summed E-state index contributed by atoms with van der Waals surface area (Å²) in [5, 5.41) is 14.2. The number of thiophene rings is 2. The van der Waals surface area contributed by atoms with Gasteiger partial charge in [0, 0.05) is 53.8 Å². The van der Waals surface area contributed by atoms with Crippen molar-refractivity contribution < 1.29 is 0 Å². The van der Waals surface area contributed by atoms with E-state index in [1.54, 1.807) is 22.7 Å². The minimum absolute atomic E-state index is 1.17. The number of hydrogen-bond acceptors (Lipinski definition) is 2. The maximum Gasteiger partial charge on any atom is 0.0541 e. The van der Waals surface area contributed by atoms with Crippen LogP contribution in [-0.2, 0) is 0 Å². The smallest absolute Gasteiger partial charge is 0.0541 e. The van der Waals surface area contributed by atoms with Crippen LogP contribution in [0.3, 0.4) is 0 Å². The number of aromatic nitrogens is 2. The summed E-state index contributed by atoms with van der Waals surface area (Å²) < 4.78 is 4.76. The molecule has 0 bridgehead atoms. The molecule has 62 heavy (non-hydrogen) atoms. The van der Waals surface area contributed by atoms with E-state index in [1.807, 2.05) is 0 Å². The first-order valence-electron chi connectivity index (χ1n) is 21.0.